The molecule has 2 heterocycles. The third kappa shape index (κ3) is 4.35. The van der Waals surface area contributed by atoms with Gasteiger partial charge in [0.1, 0.15) is 17.7 Å². The summed E-state index contributed by atoms with van der Waals surface area (Å²) in [6, 6.07) is 10.5. The molecule has 0 atom stereocenters. The van der Waals surface area contributed by atoms with E-state index >= 15 is 0 Å². The van der Waals surface area contributed by atoms with E-state index in [-0.39, 0.29) is 17.8 Å². The molecule has 1 amide bonds. The van der Waals surface area contributed by atoms with Gasteiger partial charge in [0, 0.05) is 32.0 Å². The van der Waals surface area contributed by atoms with Crippen LogP contribution < -0.4 is 9.47 Å². The zero-order valence-electron chi connectivity index (χ0n) is 17.2. The van der Waals surface area contributed by atoms with Crippen LogP contribution in [0.25, 0.3) is 5.69 Å². The van der Waals surface area contributed by atoms with Crippen LogP contribution in [0.4, 0.5) is 8.78 Å². The summed E-state index contributed by atoms with van der Waals surface area (Å²) in [6.07, 6.45) is 0.822. The third-order valence-electron chi connectivity index (χ3n) is 5.33. The minimum absolute atomic E-state index is 0.0180. The van der Waals surface area contributed by atoms with E-state index in [1.54, 1.807) is 23.6 Å². The second kappa shape index (κ2) is 8.71. The first-order valence-electron chi connectivity index (χ1n) is 9.94. The molecular formula is C22H22F2N4O3. The largest absolute Gasteiger partial charge is 0.497 e. The van der Waals surface area contributed by atoms with Gasteiger partial charge >= 0.3 is 0 Å². The molecule has 1 aromatic heterocycles. The standard InChI is InChI=1S/C22H22F2N4O3/c1-14-21(25-26-28(14)16-4-6-17(30-2)7-5-16)22(29)27-11-9-18(10-12-27)31-20-8-3-15(23)13-19(20)24/h3-8,13,18H,9-12H2,1-2H3. The number of halogens is 2. The van der Waals surface area contributed by atoms with Gasteiger partial charge in [0.05, 0.1) is 18.5 Å². The predicted octanol–water partition coefficient (Wildman–Crippen LogP) is 3.55. The molecule has 31 heavy (non-hydrogen) atoms. The van der Waals surface area contributed by atoms with Crippen LogP contribution in [0, 0.1) is 18.6 Å². The summed E-state index contributed by atoms with van der Waals surface area (Å²) in [4.78, 5) is 14.7. The summed E-state index contributed by atoms with van der Waals surface area (Å²) in [7, 11) is 1.59. The van der Waals surface area contributed by atoms with E-state index in [2.05, 4.69) is 10.3 Å². The highest BCUT2D eigenvalue weighted by molar-refractivity contribution is 5.93. The summed E-state index contributed by atoms with van der Waals surface area (Å²) in [6.45, 7) is 2.69. The van der Waals surface area contributed by atoms with Crippen molar-refractivity contribution in [2.75, 3.05) is 20.2 Å². The van der Waals surface area contributed by atoms with Crippen molar-refractivity contribution in [3.05, 3.63) is 65.5 Å². The third-order valence-corrected chi connectivity index (χ3v) is 5.33. The maximum absolute atomic E-state index is 13.8. The first kappa shape index (κ1) is 20.8. The van der Waals surface area contributed by atoms with Crippen LogP contribution in [0.1, 0.15) is 29.0 Å². The van der Waals surface area contributed by atoms with Crippen LogP contribution >= 0.6 is 0 Å². The van der Waals surface area contributed by atoms with Crippen molar-refractivity contribution in [2.24, 2.45) is 0 Å². The summed E-state index contributed by atoms with van der Waals surface area (Å²) in [5.41, 5.74) is 1.71. The fourth-order valence-corrected chi connectivity index (χ4v) is 3.57. The molecule has 7 nitrogen and oxygen atoms in total. The van der Waals surface area contributed by atoms with Crippen LogP contribution in [0.2, 0.25) is 0 Å². The normalized spacial score (nSPS) is 14.5. The fourth-order valence-electron chi connectivity index (χ4n) is 3.57. The second-order valence-corrected chi connectivity index (χ2v) is 7.32. The van der Waals surface area contributed by atoms with Gasteiger partial charge < -0.3 is 14.4 Å². The van der Waals surface area contributed by atoms with Gasteiger partial charge in [-0.05, 0) is 43.3 Å². The zero-order chi connectivity index (χ0) is 22.0. The number of benzene rings is 2. The highest BCUT2D eigenvalue weighted by atomic mass is 19.1. The molecule has 0 bridgehead atoms. The van der Waals surface area contributed by atoms with E-state index in [0.717, 1.165) is 23.6 Å². The van der Waals surface area contributed by atoms with Crippen LogP contribution in [0.5, 0.6) is 11.5 Å². The SMILES string of the molecule is COc1ccc(-n2nnc(C(=O)N3CCC(Oc4ccc(F)cc4F)CC3)c2C)cc1. The van der Waals surface area contributed by atoms with Crippen LogP contribution in [-0.2, 0) is 0 Å². The number of ether oxygens (including phenoxy) is 2. The number of hydrogen-bond donors (Lipinski definition) is 0. The molecule has 0 N–H and O–H groups in total. The van der Waals surface area contributed by atoms with Gasteiger partial charge in [0.15, 0.2) is 17.3 Å². The van der Waals surface area contributed by atoms with Crippen LogP contribution in [0.3, 0.4) is 0 Å². The van der Waals surface area contributed by atoms with Crippen molar-refractivity contribution < 1.29 is 23.0 Å². The number of piperidine rings is 1. The molecule has 162 valence electrons. The average molecular weight is 428 g/mol. The van der Waals surface area contributed by atoms with Crippen molar-refractivity contribution in [1.29, 1.82) is 0 Å². The number of hydrogen-bond acceptors (Lipinski definition) is 5. The lowest BCUT2D eigenvalue weighted by Gasteiger charge is -2.31. The van der Waals surface area contributed by atoms with E-state index in [0.29, 0.717) is 37.3 Å². The highest BCUT2D eigenvalue weighted by Crippen LogP contribution is 2.24. The molecule has 2 aromatic carbocycles. The number of methoxy groups -OCH3 is 1. The molecule has 0 radical (unpaired) electrons. The molecule has 4 rings (SSSR count). The minimum Gasteiger partial charge on any atom is -0.497 e. The maximum Gasteiger partial charge on any atom is 0.276 e. The van der Waals surface area contributed by atoms with Crippen LogP contribution in [-0.4, -0.2) is 52.1 Å². The van der Waals surface area contributed by atoms with Crippen LogP contribution in [0.15, 0.2) is 42.5 Å². The number of amides is 1. The Labute approximate surface area is 178 Å². The number of rotatable bonds is 5. The second-order valence-electron chi connectivity index (χ2n) is 7.32. The summed E-state index contributed by atoms with van der Waals surface area (Å²) >= 11 is 0. The van der Waals surface area contributed by atoms with Gasteiger partial charge in [-0.1, -0.05) is 5.21 Å². The number of carbonyl (C=O) groups excluding carboxylic acids is 1. The average Bonchev–Trinajstić information content (AvgIpc) is 3.17. The van der Waals surface area contributed by atoms with Crippen molar-refractivity contribution in [3.8, 4) is 17.2 Å². The Morgan fingerprint density at radius 1 is 1.10 bits per heavy atom. The maximum atomic E-state index is 13.8. The molecule has 3 aromatic rings. The molecule has 0 unspecified atom stereocenters. The van der Waals surface area contributed by atoms with Gasteiger partial charge in [0.2, 0.25) is 0 Å². The zero-order valence-corrected chi connectivity index (χ0v) is 17.2. The Balaban J connectivity index is 1.40. The first-order chi connectivity index (χ1) is 15.0. The van der Waals surface area contributed by atoms with Crippen molar-refractivity contribution in [1.82, 2.24) is 19.9 Å². The Morgan fingerprint density at radius 3 is 2.45 bits per heavy atom. The lowest BCUT2D eigenvalue weighted by molar-refractivity contribution is 0.0582. The molecule has 0 spiro atoms. The number of nitrogens with zero attached hydrogens (tertiary/aromatic N) is 4. The highest BCUT2D eigenvalue weighted by Gasteiger charge is 2.28. The van der Waals surface area contributed by atoms with Gasteiger partial charge in [0.25, 0.3) is 5.91 Å². The molecule has 1 saturated heterocycles. The van der Waals surface area contributed by atoms with Gasteiger partial charge in [-0.2, -0.15) is 0 Å². The lowest BCUT2D eigenvalue weighted by atomic mass is 10.1. The van der Waals surface area contributed by atoms with Crippen molar-refractivity contribution in [2.45, 2.75) is 25.9 Å². The first-order valence-corrected chi connectivity index (χ1v) is 9.94. The predicted molar refractivity (Wildman–Crippen MR) is 109 cm³/mol. The molecule has 9 heteroatoms. The molecule has 0 saturated carbocycles. The Bertz CT molecular complexity index is 1080. The van der Waals surface area contributed by atoms with E-state index in [9.17, 15) is 13.6 Å². The number of aromatic nitrogens is 3. The quantitative estimate of drug-likeness (QED) is 0.622. The Kier molecular flexibility index (Phi) is 5.83. The molecule has 0 aliphatic carbocycles. The minimum atomic E-state index is -0.732. The Hall–Kier alpha value is -3.49. The van der Waals surface area contributed by atoms with E-state index in [1.165, 1.54) is 6.07 Å². The van der Waals surface area contributed by atoms with Gasteiger partial charge in [-0.3, -0.25) is 4.79 Å². The van der Waals surface area contributed by atoms with Gasteiger partial charge in [-0.25, -0.2) is 13.5 Å². The molecule has 1 fully saturated rings. The van der Waals surface area contributed by atoms with Crippen molar-refractivity contribution in [3.63, 3.8) is 0 Å². The van der Waals surface area contributed by atoms with E-state index in [4.69, 9.17) is 9.47 Å². The summed E-state index contributed by atoms with van der Waals surface area (Å²) in [5.74, 6) is -0.843. The summed E-state index contributed by atoms with van der Waals surface area (Å²) < 4.78 is 39.3. The molecule has 1 aliphatic rings. The summed E-state index contributed by atoms with van der Waals surface area (Å²) in [5, 5.41) is 8.22. The van der Waals surface area contributed by atoms with Crippen molar-refractivity contribution >= 4 is 5.91 Å². The van der Waals surface area contributed by atoms with E-state index < -0.39 is 11.6 Å². The fraction of sp³-hybridized carbons (Fsp3) is 0.318. The monoisotopic (exact) mass is 428 g/mol. The van der Waals surface area contributed by atoms with Gasteiger partial charge in [-0.15, -0.1) is 5.10 Å². The number of likely N-dealkylation sites (tertiary alicyclic amines) is 1. The smallest absolute Gasteiger partial charge is 0.276 e. The van der Waals surface area contributed by atoms with E-state index in [1.807, 2.05) is 24.3 Å². The topological polar surface area (TPSA) is 69.5 Å². The lowest BCUT2D eigenvalue weighted by Crippen LogP contribution is -2.42. The molecule has 1 aliphatic heterocycles. The Morgan fingerprint density at radius 2 is 1.81 bits per heavy atom. The molecular weight excluding hydrogens is 406 g/mol. The number of carbonyl (C=O) groups is 1.